The second-order valence-electron chi connectivity index (χ2n) is 3.66. The molecule has 4 heteroatoms. The van der Waals surface area contributed by atoms with E-state index < -0.39 is 0 Å². The van der Waals surface area contributed by atoms with Crippen LogP contribution in [0.4, 0.5) is 4.39 Å². The van der Waals surface area contributed by atoms with Crippen LogP contribution in [0, 0.1) is 12.7 Å². The van der Waals surface area contributed by atoms with E-state index in [4.69, 9.17) is 9.47 Å². The zero-order valence-corrected chi connectivity index (χ0v) is 9.92. The number of aryl methyl sites for hydroxylation is 1. The molecule has 0 fully saturated rings. The third kappa shape index (κ3) is 3.79. The molecule has 0 aliphatic carbocycles. The summed E-state index contributed by atoms with van der Waals surface area (Å²) in [6.45, 7) is 2.85. The van der Waals surface area contributed by atoms with E-state index >= 15 is 0 Å². The Morgan fingerprint density at radius 1 is 1.44 bits per heavy atom. The number of hydrogen-bond acceptors (Lipinski definition) is 3. The maximum absolute atomic E-state index is 13.3. The Morgan fingerprint density at radius 3 is 2.75 bits per heavy atom. The van der Waals surface area contributed by atoms with E-state index in [0.29, 0.717) is 24.5 Å². The van der Waals surface area contributed by atoms with E-state index in [0.717, 1.165) is 0 Å². The minimum atomic E-state index is -0.252. The average Bonchev–Trinajstić information content (AvgIpc) is 2.24. The molecule has 3 nitrogen and oxygen atoms in total. The molecular formula is C12H18FNO2. The molecule has 0 aromatic heterocycles. The van der Waals surface area contributed by atoms with Gasteiger partial charge in [-0.15, -0.1) is 0 Å². The summed E-state index contributed by atoms with van der Waals surface area (Å²) in [6, 6.07) is 4.86. The van der Waals surface area contributed by atoms with Crippen LogP contribution < -0.4 is 10.1 Å². The molecule has 1 atom stereocenters. The molecule has 1 rings (SSSR count). The third-order valence-corrected chi connectivity index (χ3v) is 2.23. The van der Waals surface area contributed by atoms with Gasteiger partial charge in [-0.05, 0) is 25.6 Å². The Kier molecular flexibility index (Phi) is 5.22. The zero-order chi connectivity index (χ0) is 12.0. The largest absolute Gasteiger partial charge is 0.487 e. The predicted octanol–water partition coefficient (Wildman–Crippen LogP) is 1.75. The van der Waals surface area contributed by atoms with Gasteiger partial charge in [0.1, 0.15) is 17.7 Å². The highest BCUT2D eigenvalue weighted by molar-refractivity contribution is 5.28. The van der Waals surface area contributed by atoms with Crippen LogP contribution in [0.3, 0.4) is 0 Å². The number of hydrogen-bond donors (Lipinski definition) is 1. The lowest BCUT2D eigenvalue weighted by atomic mass is 10.2. The minimum Gasteiger partial charge on any atom is -0.487 e. The Bertz CT molecular complexity index is 325. The topological polar surface area (TPSA) is 30.5 Å². The number of halogens is 1. The number of methoxy groups -OCH3 is 1. The Hall–Kier alpha value is -1.13. The smallest absolute Gasteiger partial charge is 0.134 e. The van der Waals surface area contributed by atoms with Gasteiger partial charge in [0.05, 0.1) is 6.61 Å². The van der Waals surface area contributed by atoms with Crippen LogP contribution in [0.1, 0.15) is 5.56 Å². The van der Waals surface area contributed by atoms with Gasteiger partial charge in [0, 0.05) is 19.7 Å². The third-order valence-electron chi connectivity index (χ3n) is 2.23. The molecule has 1 N–H and O–H groups in total. The first-order valence-corrected chi connectivity index (χ1v) is 5.23. The van der Waals surface area contributed by atoms with Gasteiger partial charge in [-0.3, -0.25) is 0 Å². The Labute approximate surface area is 95.6 Å². The fourth-order valence-corrected chi connectivity index (χ4v) is 1.39. The summed E-state index contributed by atoms with van der Waals surface area (Å²) in [7, 11) is 3.45. The highest BCUT2D eigenvalue weighted by Crippen LogP contribution is 2.17. The van der Waals surface area contributed by atoms with Gasteiger partial charge in [-0.1, -0.05) is 6.07 Å². The van der Waals surface area contributed by atoms with Crippen LogP contribution in [-0.4, -0.2) is 33.4 Å². The Morgan fingerprint density at radius 2 is 2.19 bits per heavy atom. The lowest BCUT2D eigenvalue weighted by Crippen LogP contribution is -2.33. The van der Waals surface area contributed by atoms with E-state index in [1.54, 1.807) is 26.2 Å². The molecule has 0 aliphatic rings. The van der Waals surface area contributed by atoms with Crippen molar-refractivity contribution in [1.29, 1.82) is 0 Å². The van der Waals surface area contributed by atoms with Crippen LogP contribution in [0.15, 0.2) is 18.2 Å². The maximum atomic E-state index is 13.3. The quantitative estimate of drug-likeness (QED) is 0.803. The average molecular weight is 227 g/mol. The predicted molar refractivity (Wildman–Crippen MR) is 61.4 cm³/mol. The van der Waals surface area contributed by atoms with Crippen molar-refractivity contribution >= 4 is 0 Å². The van der Waals surface area contributed by atoms with Gasteiger partial charge >= 0.3 is 0 Å². The fourth-order valence-electron chi connectivity index (χ4n) is 1.39. The van der Waals surface area contributed by atoms with Crippen molar-refractivity contribution in [3.63, 3.8) is 0 Å². The molecule has 90 valence electrons. The summed E-state index contributed by atoms with van der Waals surface area (Å²) in [5.74, 6) is 0.276. The van der Waals surface area contributed by atoms with E-state index in [2.05, 4.69) is 5.32 Å². The van der Waals surface area contributed by atoms with Crippen molar-refractivity contribution in [2.45, 2.75) is 13.0 Å². The van der Waals surface area contributed by atoms with Crippen LogP contribution in [0.25, 0.3) is 0 Å². The van der Waals surface area contributed by atoms with E-state index in [-0.39, 0.29) is 11.9 Å². The van der Waals surface area contributed by atoms with E-state index in [1.165, 1.54) is 6.07 Å². The summed E-state index contributed by atoms with van der Waals surface area (Å²) in [6.07, 6.45) is -0.114. The lowest BCUT2D eigenvalue weighted by molar-refractivity contribution is 0.0816. The molecule has 1 aromatic carbocycles. The summed E-state index contributed by atoms with van der Waals surface area (Å²) in [5, 5.41) is 3.00. The minimum absolute atomic E-state index is 0.114. The first-order valence-electron chi connectivity index (χ1n) is 5.23. The van der Waals surface area contributed by atoms with Gasteiger partial charge in [0.2, 0.25) is 0 Å². The van der Waals surface area contributed by atoms with Crippen LogP contribution in [-0.2, 0) is 4.74 Å². The highest BCUT2D eigenvalue weighted by atomic mass is 19.1. The molecule has 16 heavy (non-hydrogen) atoms. The molecule has 0 amide bonds. The first-order chi connectivity index (χ1) is 7.67. The molecule has 0 radical (unpaired) electrons. The molecule has 0 aliphatic heterocycles. The molecular weight excluding hydrogens is 209 g/mol. The molecule has 0 heterocycles. The monoisotopic (exact) mass is 227 g/mol. The van der Waals surface area contributed by atoms with Gasteiger partial charge in [-0.2, -0.15) is 0 Å². The second-order valence-corrected chi connectivity index (χ2v) is 3.66. The van der Waals surface area contributed by atoms with E-state index in [1.807, 2.05) is 7.05 Å². The maximum Gasteiger partial charge on any atom is 0.134 e. The molecule has 0 bridgehead atoms. The van der Waals surface area contributed by atoms with Gasteiger partial charge in [0.25, 0.3) is 0 Å². The zero-order valence-electron chi connectivity index (χ0n) is 9.92. The number of rotatable bonds is 6. The standard InChI is InChI=1S/C12H18FNO2/c1-9-4-5-10(6-12(9)13)16-11(7-14-2)8-15-3/h4-6,11,14H,7-8H2,1-3H3. The van der Waals surface area contributed by atoms with Crippen molar-refractivity contribution in [2.24, 2.45) is 0 Å². The summed E-state index contributed by atoms with van der Waals surface area (Å²) < 4.78 is 23.9. The van der Waals surface area contributed by atoms with Crippen molar-refractivity contribution in [2.75, 3.05) is 27.3 Å². The summed E-state index contributed by atoms with van der Waals surface area (Å²) in [5.41, 5.74) is 0.615. The van der Waals surface area contributed by atoms with Crippen LogP contribution in [0.5, 0.6) is 5.75 Å². The van der Waals surface area contributed by atoms with Crippen molar-refractivity contribution in [3.05, 3.63) is 29.6 Å². The molecule has 0 saturated carbocycles. The SMILES string of the molecule is CNCC(COC)Oc1ccc(C)c(F)c1. The second kappa shape index (κ2) is 6.45. The number of likely N-dealkylation sites (N-methyl/N-ethyl adjacent to an activating group) is 1. The van der Waals surface area contributed by atoms with Crippen LogP contribution in [0.2, 0.25) is 0 Å². The van der Waals surface area contributed by atoms with Crippen molar-refractivity contribution < 1.29 is 13.9 Å². The lowest BCUT2D eigenvalue weighted by Gasteiger charge is -2.18. The highest BCUT2D eigenvalue weighted by Gasteiger charge is 2.10. The summed E-state index contributed by atoms with van der Waals surface area (Å²) >= 11 is 0. The molecule has 0 saturated heterocycles. The Balaban J connectivity index is 2.65. The first kappa shape index (κ1) is 12.9. The van der Waals surface area contributed by atoms with Crippen molar-refractivity contribution in [3.8, 4) is 5.75 Å². The molecule has 1 aromatic rings. The number of benzene rings is 1. The van der Waals surface area contributed by atoms with Gasteiger partial charge in [-0.25, -0.2) is 4.39 Å². The van der Waals surface area contributed by atoms with Crippen molar-refractivity contribution in [1.82, 2.24) is 5.32 Å². The fraction of sp³-hybridized carbons (Fsp3) is 0.500. The number of ether oxygens (including phenoxy) is 2. The van der Waals surface area contributed by atoms with E-state index in [9.17, 15) is 4.39 Å². The molecule has 0 spiro atoms. The van der Waals surface area contributed by atoms with Gasteiger partial charge < -0.3 is 14.8 Å². The normalized spacial score (nSPS) is 12.5. The number of nitrogens with one attached hydrogen (secondary N) is 1. The van der Waals surface area contributed by atoms with Crippen LogP contribution >= 0.6 is 0 Å². The molecule has 1 unspecified atom stereocenters. The summed E-state index contributed by atoms with van der Waals surface area (Å²) in [4.78, 5) is 0. The van der Waals surface area contributed by atoms with Gasteiger partial charge in [0.15, 0.2) is 0 Å².